The molecule has 0 aliphatic carbocycles. The van der Waals surface area contributed by atoms with Gasteiger partial charge < -0.3 is 9.08 Å². The highest BCUT2D eigenvalue weighted by atomic mass is 32.2. The van der Waals surface area contributed by atoms with Crippen molar-refractivity contribution in [3.05, 3.63) is 65.7 Å². The number of hydrogen-bond donors (Lipinski definition) is 0. The largest absolute Gasteiger partial charge is 0.383 e. The van der Waals surface area contributed by atoms with Gasteiger partial charge in [0.1, 0.15) is 5.75 Å². The highest BCUT2D eigenvalue weighted by molar-refractivity contribution is 7.86. The quantitative estimate of drug-likeness (QED) is 0.665. The summed E-state index contributed by atoms with van der Waals surface area (Å²) in [5.41, 5.74) is 1.80. The lowest BCUT2D eigenvalue weighted by Crippen LogP contribution is -2.34. The number of amides is 1. The number of nitrogens with zero attached hydrogens (tertiary/aromatic N) is 1. The minimum Gasteiger partial charge on any atom is -0.383 e. The van der Waals surface area contributed by atoms with Gasteiger partial charge in [-0.05, 0) is 29.2 Å². The minimum absolute atomic E-state index is 0.0411. The first kappa shape index (κ1) is 20.0. The molecule has 2 rings (SSSR count). The van der Waals surface area contributed by atoms with Crippen molar-refractivity contribution < 1.29 is 17.4 Å². The van der Waals surface area contributed by atoms with Crippen LogP contribution < -0.4 is 4.18 Å². The van der Waals surface area contributed by atoms with Crippen molar-refractivity contribution in [2.24, 2.45) is 5.92 Å². The van der Waals surface area contributed by atoms with E-state index in [1.54, 1.807) is 23.1 Å². The fraction of sp³-hybridized carbons (Fsp3) is 0.350. The molecule has 1 amide bonds. The number of carbonyl (C=O) groups excluding carboxylic acids is 1. The van der Waals surface area contributed by atoms with Gasteiger partial charge in [-0.15, -0.1) is 0 Å². The van der Waals surface area contributed by atoms with Crippen LogP contribution in [0.1, 0.15) is 25.0 Å². The Hall–Kier alpha value is -2.34. The first-order valence-corrected chi connectivity index (χ1v) is 10.3. The summed E-state index contributed by atoms with van der Waals surface area (Å²) in [5, 5.41) is 0. The first-order valence-electron chi connectivity index (χ1n) is 8.53. The molecule has 140 valence electrons. The SMILES string of the molecule is CC(C)CN(Cc1cccc(OS(C)(=O)=O)c1)C(=O)Cc1ccccc1. The maximum atomic E-state index is 12.8. The van der Waals surface area contributed by atoms with Gasteiger partial charge >= 0.3 is 10.1 Å². The standard InChI is InChI=1S/C20H25NO4S/c1-16(2)14-21(20(22)13-17-8-5-4-6-9-17)15-18-10-7-11-19(12-18)25-26(3,23)24/h4-12,16H,13-15H2,1-3H3. The third-order valence-electron chi connectivity index (χ3n) is 3.66. The molecule has 0 unspecified atom stereocenters. The summed E-state index contributed by atoms with van der Waals surface area (Å²) < 4.78 is 27.5. The maximum absolute atomic E-state index is 12.8. The minimum atomic E-state index is -3.58. The van der Waals surface area contributed by atoms with Crippen LogP contribution in [0.15, 0.2) is 54.6 Å². The van der Waals surface area contributed by atoms with Crippen LogP contribution in [0, 0.1) is 5.92 Å². The zero-order valence-electron chi connectivity index (χ0n) is 15.4. The van der Waals surface area contributed by atoms with Crippen molar-refractivity contribution in [3.8, 4) is 5.75 Å². The molecular formula is C20H25NO4S. The Morgan fingerprint density at radius 2 is 1.69 bits per heavy atom. The molecule has 0 fully saturated rings. The Labute approximate surface area is 155 Å². The van der Waals surface area contributed by atoms with E-state index in [1.807, 2.05) is 36.4 Å². The lowest BCUT2D eigenvalue weighted by atomic mass is 10.1. The maximum Gasteiger partial charge on any atom is 0.306 e. The van der Waals surface area contributed by atoms with E-state index in [4.69, 9.17) is 4.18 Å². The average molecular weight is 375 g/mol. The zero-order chi connectivity index (χ0) is 19.2. The van der Waals surface area contributed by atoms with Crippen molar-refractivity contribution in [1.82, 2.24) is 4.90 Å². The van der Waals surface area contributed by atoms with Gasteiger partial charge in [-0.3, -0.25) is 4.79 Å². The van der Waals surface area contributed by atoms with E-state index in [2.05, 4.69) is 13.8 Å². The number of benzene rings is 2. The van der Waals surface area contributed by atoms with Crippen molar-refractivity contribution in [2.75, 3.05) is 12.8 Å². The molecule has 0 bridgehead atoms. The van der Waals surface area contributed by atoms with Crippen LogP contribution in [-0.4, -0.2) is 32.0 Å². The first-order chi connectivity index (χ1) is 12.2. The smallest absolute Gasteiger partial charge is 0.306 e. The van der Waals surface area contributed by atoms with Gasteiger partial charge in [-0.25, -0.2) is 0 Å². The van der Waals surface area contributed by atoms with Gasteiger partial charge in [0, 0.05) is 13.1 Å². The summed E-state index contributed by atoms with van der Waals surface area (Å²) in [7, 11) is -3.58. The number of rotatable bonds is 8. The molecule has 0 aliphatic heterocycles. The summed E-state index contributed by atoms with van der Waals surface area (Å²) in [5.74, 6) is 0.620. The van der Waals surface area contributed by atoms with Crippen LogP contribution in [0.3, 0.4) is 0 Å². The molecule has 0 N–H and O–H groups in total. The molecule has 0 heterocycles. The predicted octanol–water partition coefficient (Wildman–Crippen LogP) is 3.25. The van der Waals surface area contributed by atoms with E-state index in [1.165, 1.54) is 0 Å². The third-order valence-corrected chi connectivity index (χ3v) is 4.15. The molecule has 0 saturated heterocycles. The Balaban J connectivity index is 2.14. The van der Waals surface area contributed by atoms with E-state index in [0.717, 1.165) is 17.4 Å². The molecule has 0 aromatic heterocycles. The van der Waals surface area contributed by atoms with E-state index >= 15 is 0 Å². The van der Waals surface area contributed by atoms with E-state index in [-0.39, 0.29) is 11.7 Å². The van der Waals surface area contributed by atoms with Crippen LogP contribution >= 0.6 is 0 Å². The zero-order valence-corrected chi connectivity index (χ0v) is 16.2. The molecule has 0 saturated carbocycles. The lowest BCUT2D eigenvalue weighted by Gasteiger charge is -2.25. The van der Waals surface area contributed by atoms with Crippen LogP contribution in [0.4, 0.5) is 0 Å². The Morgan fingerprint density at radius 3 is 2.31 bits per heavy atom. The van der Waals surface area contributed by atoms with Crippen molar-refractivity contribution >= 4 is 16.0 Å². The second kappa shape index (κ2) is 8.85. The summed E-state index contributed by atoms with van der Waals surface area (Å²) in [4.78, 5) is 14.6. The summed E-state index contributed by atoms with van der Waals surface area (Å²) in [6.07, 6.45) is 1.35. The predicted molar refractivity (Wildman–Crippen MR) is 102 cm³/mol. The second-order valence-electron chi connectivity index (χ2n) is 6.77. The average Bonchev–Trinajstić information content (AvgIpc) is 2.53. The highest BCUT2D eigenvalue weighted by Crippen LogP contribution is 2.18. The van der Waals surface area contributed by atoms with Crippen molar-refractivity contribution in [3.63, 3.8) is 0 Å². The van der Waals surface area contributed by atoms with E-state index < -0.39 is 10.1 Å². The van der Waals surface area contributed by atoms with Gasteiger partial charge in [0.25, 0.3) is 0 Å². The van der Waals surface area contributed by atoms with E-state index in [9.17, 15) is 13.2 Å². The monoisotopic (exact) mass is 375 g/mol. The molecule has 2 aromatic carbocycles. The number of hydrogen-bond acceptors (Lipinski definition) is 4. The summed E-state index contributed by atoms with van der Waals surface area (Å²) in [6, 6.07) is 16.5. The summed E-state index contributed by atoms with van der Waals surface area (Å²) in [6.45, 7) is 5.16. The van der Waals surface area contributed by atoms with Crippen LogP contribution in [0.5, 0.6) is 5.75 Å². The fourth-order valence-electron chi connectivity index (χ4n) is 2.67. The van der Waals surface area contributed by atoms with Gasteiger partial charge in [-0.2, -0.15) is 8.42 Å². The van der Waals surface area contributed by atoms with Crippen molar-refractivity contribution in [1.29, 1.82) is 0 Å². The Kier molecular flexibility index (Phi) is 6.80. The molecule has 0 aliphatic rings. The highest BCUT2D eigenvalue weighted by Gasteiger charge is 2.16. The van der Waals surface area contributed by atoms with Gasteiger partial charge in [-0.1, -0.05) is 56.3 Å². The van der Waals surface area contributed by atoms with Gasteiger partial charge in [0.05, 0.1) is 12.7 Å². The fourth-order valence-corrected chi connectivity index (χ4v) is 3.12. The second-order valence-corrected chi connectivity index (χ2v) is 8.34. The molecule has 0 spiro atoms. The Bertz CT molecular complexity index is 832. The molecular weight excluding hydrogens is 350 g/mol. The molecule has 26 heavy (non-hydrogen) atoms. The van der Waals surface area contributed by atoms with Gasteiger partial charge in [0.15, 0.2) is 0 Å². The van der Waals surface area contributed by atoms with Crippen molar-refractivity contribution in [2.45, 2.75) is 26.8 Å². The van der Waals surface area contributed by atoms with Crippen LogP contribution in [0.2, 0.25) is 0 Å². The van der Waals surface area contributed by atoms with Crippen LogP contribution in [-0.2, 0) is 27.9 Å². The lowest BCUT2D eigenvalue weighted by molar-refractivity contribution is -0.131. The molecule has 0 atom stereocenters. The molecule has 0 radical (unpaired) electrons. The third kappa shape index (κ3) is 6.88. The topological polar surface area (TPSA) is 63.7 Å². The normalized spacial score (nSPS) is 11.4. The number of carbonyl (C=O) groups is 1. The van der Waals surface area contributed by atoms with Crippen LogP contribution in [0.25, 0.3) is 0 Å². The molecule has 2 aromatic rings. The summed E-state index contributed by atoms with van der Waals surface area (Å²) >= 11 is 0. The van der Waals surface area contributed by atoms with Gasteiger partial charge in [0.2, 0.25) is 5.91 Å². The van der Waals surface area contributed by atoms with E-state index in [0.29, 0.717) is 25.4 Å². The molecule has 5 nitrogen and oxygen atoms in total. The Morgan fingerprint density at radius 1 is 1.04 bits per heavy atom. The molecule has 6 heteroatoms.